The molecule has 0 aliphatic rings. The lowest BCUT2D eigenvalue weighted by atomic mass is 9.75. The first-order valence-electron chi connectivity index (χ1n) is 9.38. The average Bonchev–Trinajstić information content (AvgIpc) is 2.61. The summed E-state index contributed by atoms with van der Waals surface area (Å²) in [6.45, 7) is 2.14. The molecule has 0 amide bonds. The van der Waals surface area contributed by atoms with Crippen molar-refractivity contribution in [3.8, 4) is 0 Å². The van der Waals surface area contributed by atoms with Gasteiger partial charge in [-0.3, -0.25) is 0 Å². The van der Waals surface area contributed by atoms with Crippen molar-refractivity contribution in [2.75, 3.05) is 0 Å². The summed E-state index contributed by atoms with van der Waals surface area (Å²) in [5.74, 6) is -6.58. The van der Waals surface area contributed by atoms with Gasteiger partial charge in [0.2, 0.25) is 11.2 Å². The van der Waals surface area contributed by atoms with Crippen LogP contribution >= 0.6 is 0 Å². The molecule has 0 rings (SSSR count). The van der Waals surface area contributed by atoms with Gasteiger partial charge in [0, 0.05) is 0 Å². The molecule has 0 spiro atoms. The zero-order chi connectivity index (χ0) is 21.1. The van der Waals surface area contributed by atoms with Gasteiger partial charge in [0.1, 0.15) is 0 Å². The van der Waals surface area contributed by atoms with Crippen LogP contribution in [-0.2, 0) is 14.4 Å². The highest BCUT2D eigenvalue weighted by Crippen LogP contribution is 2.33. The van der Waals surface area contributed by atoms with E-state index in [1.165, 1.54) is 19.3 Å². The minimum atomic E-state index is -3.77. The largest absolute Gasteiger partial charge is 0.479 e. The first-order valence-corrected chi connectivity index (χ1v) is 9.38. The summed E-state index contributed by atoms with van der Waals surface area (Å²) in [5.41, 5.74) is -7.11. The Kier molecular flexibility index (Phi) is 11.1. The molecule has 6 N–H and O–H groups in total. The van der Waals surface area contributed by atoms with Gasteiger partial charge in [-0.25, -0.2) is 14.4 Å². The molecule has 27 heavy (non-hydrogen) atoms. The van der Waals surface area contributed by atoms with E-state index in [-0.39, 0.29) is 6.42 Å². The number of hydrogen-bond donors (Lipinski definition) is 6. The number of aliphatic hydroxyl groups excluding tert-OH is 1. The zero-order valence-electron chi connectivity index (χ0n) is 15.8. The van der Waals surface area contributed by atoms with Crippen molar-refractivity contribution in [3.05, 3.63) is 0 Å². The molecule has 3 atom stereocenters. The molecule has 0 radical (unpaired) electrons. The Hall–Kier alpha value is -1.71. The van der Waals surface area contributed by atoms with Gasteiger partial charge in [-0.05, 0) is 12.8 Å². The van der Waals surface area contributed by atoms with Gasteiger partial charge < -0.3 is 30.6 Å². The lowest BCUT2D eigenvalue weighted by molar-refractivity contribution is -0.231. The number of carboxylic acids is 3. The number of carbonyl (C=O) groups is 3. The highest BCUT2D eigenvalue weighted by Gasteiger charge is 2.66. The van der Waals surface area contributed by atoms with E-state index in [4.69, 9.17) is 10.2 Å². The van der Waals surface area contributed by atoms with Crippen molar-refractivity contribution in [1.82, 2.24) is 0 Å². The zero-order valence-corrected chi connectivity index (χ0v) is 15.8. The Morgan fingerprint density at radius 1 is 0.741 bits per heavy atom. The van der Waals surface area contributed by atoms with E-state index in [0.717, 1.165) is 32.1 Å². The van der Waals surface area contributed by atoms with Crippen LogP contribution in [0.25, 0.3) is 0 Å². The molecule has 0 bridgehead atoms. The van der Waals surface area contributed by atoms with E-state index < -0.39 is 41.6 Å². The highest BCUT2D eigenvalue weighted by atomic mass is 16.5. The molecular weight excluding hydrogens is 360 g/mol. The lowest BCUT2D eigenvalue weighted by Gasteiger charge is -2.38. The number of unbranched alkanes of at least 4 members (excludes halogenated alkanes) is 9. The third kappa shape index (κ3) is 6.75. The molecule has 0 fully saturated rings. The maximum atomic E-state index is 11.4. The average molecular weight is 392 g/mol. The van der Waals surface area contributed by atoms with Crippen molar-refractivity contribution in [2.45, 2.75) is 94.9 Å². The monoisotopic (exact) mass is 392 g/mol. The fourth-order valence-electron chi connectivity index (χ4n) is 3.03. The van der Waals surface area contributed by atoms with Gasteiger partial charge in [-0.1, -0.05) is 64.7 Å². The van der Waals surface area contributed by atoms with Gasteiger partial charge in [0.25, 0.3) is 0 Å². The van der Waals surface area contributed by atoms with Crippen LogP contribution in [0.2, 0.25) is 0 Å². The molecular formula is C18H32O9. The second-order valence-electron chi connectivity index (χ2n) is 6.91. The van der Waals surface area contributed by atoms with Crippen molar-refractivity contribution >= 4 is 17.9 Å². The second-order valence-corrected chi connectivity index (χ2v) is 6.91. The molecule has 9 nitrogen and oxygen atoms in total. The third-order valence-electron chi connectivity index (χ3n) is 4.83. The van der Waals surface area contributed by atoms with E-state index in [1.54, 1.807) is 0 Å². The summed E-state index contributed by atoms with van der Waals surface area (Å²) in [4.78, 5) is 33.6. The second kappa shape index (κ2) is 11.9. The number of hydrogen-bond acceptors (Lipinski definition) is 6. The van der Waals surface area contributed by atoms with Crippen LogP contribution in [0.3, 0.4) is 0 Å². The lowest BCUT2D eigenvalue weighted by Crippen LogP contribution is -2.70. The summed E-state index contributed by atoms with van der Waals surface area (Å²) in [6.07, 6.45) is 5.32. The number of carboxylic acid groups (broad SMARTS) is 3. The van der Waals surface area contributed by atoms with E-state index in [9.17, 15) is 34.8 Å². The van der Waals surface area contributed by atoms with Crippen molar-refractivity contribution in [1.29, 1.82) is 0 Å². The Balaban J connectivity index is 4.68. The SMILES string of the molecule is CCCCCCCCCCCCC(O)(C(=O)O)C(O)(C(=O)O)C(O)C(=O)O. The molecule has 0 saturated carbocycles. The first kappa shape index (κ1) is 25.3. The molecule has 9 heteroatoms. The van der Waals surface area contributed by atoms with Gasteiger partial charge in [-0.15, -0.1) is 0 Å². The van der Waals surface area contributed by atoms with Crippen LogP contribution in [0, 0.1) is 0 Å². The third-order valence-corrected chi connectivity index (χ3v) is 4.83. The molecule has 0 heterocycles. The van der Waals surface area contributed by atoms with Crippen molar-refractivity contribution in [3.63, 3.8) is 0 Å². The molecule has 0 saturated heterocycles. The van der Waals surface area contributed by atoms with E-state index in [1.807, 2.05) is 0 Å². The summed E-state index contributed by atoms with van der Waals surface area (Å²) < 4.78 is 0. The molecule has 0 aromatic heterocycles. The quantitative estimate of drug-likeness (QED) is 0.212. The van der Waals surface area contributed by atoms with Gasteiger partial charge >= 0.3 is 17.9 Å². The van der Waals surface area contributed by atoms with Gasteiger partial charge in [0.05, 0.1) is 0 Å². The number of rotatable bonds is 16. The maximum absolute atomic E-state index is 11.4. The Morgan fingerprint density at radius 3 is 1.48 bits per heavy atom. The Bertz CT molecular complexity index is 493. The van der Waals surface area contributed by atoms with Crippen LogP contribution in [0.15, 0.2) is 0 Å². The predicted molar refractivity (Wildman–Crippen MR) is 95.3 cm³/mol. The number of aliphatic carboxylic acids is 3. The maximum Gasteiger partial charge on any atom is 0.342 e. The molecule has 0 aliphatic heterocycles. The molecule has 158 valence electrons. The fourth-order valence-corrected chi connectivity index (χ4v) is 3.03. The van der Waals surface area contributed by atoms with Crippen molar-refractivity contribution in [2.24, 2.45) is 0 Å². The van der Waals surface area contributed by atoms with Crippen LogP contribution in [0.1, 0.15) is 77.6 Å². The van der Waals surface area contributed by atoms with Crippen LogP contribution in [0.5, 0.6) is 0 Å². The van der Waals surface area contributed by atoms with E-state index in [0.29, 0.717) is 6.42 Å². The smallest absolute Gasteiger partial charge is 0.342 e. The first-order chi connectivity index (χ1) is 12.6. The predicted octanol–water partition coefficient (Wildman–Crippen LogP) is 1.37. The van der Waals surface area contributed by atoms with Crippen LogP contribution in [0.4, 0.5) is 0 Å². The summed E-state index contributed by atoms with van der Waals surface area (Å²) in [6, 6.07) is 0. The minimum Gasteiger partial charge on any atom is -0.479 e. The summed E-state index contributed by atoms with van der Waals surface area (Å²) in [7, 11) is 0. The minimum absolute atomic E-state index is 0.0561. The normalized spacial score (nSPS) is 16.9. The molecule has 0 aromatic carbocycles. The van der Waals surface area contributed by atoms with E-state index >= 15 is 0 Å². The number of aliphatic hydroxyl groups is 3. The molecule has 3 unspecified atom stereocenters. The molecule has 0 aromatic rings. The summed E-state index contributed by atoms with van der Waals surface area (Å²) >= 11 is 0. The van der Waals surface area contributed by atoms with Gasteiger partial charge in [-0.2, -0.15) is 0 Å². The Morgan fingerprint density at radius 2 is 1.15 bits per heavy atom. The fraction of sp³-hybridized carbons (Fsp3) is 0.833. The molecule has 0 aliphatic carbocycles. The van der Waals surface area contributed by atoms with Crippen LogP contribution in [-0.4, -0.2) is 65.9 Å². The van der Waals surface area contributed by atoms with Gasteiger partial charge in [0.15, 0.2) is 6.10 Å². The van der Waals surface area contributed by atoms with Crippen LogP contribution < -0.4 is 0 Å². The topological polar surface area (TPSA) is 173 Å². The highest BCUT2D eigenvalue weighted by molar-refractivity contribution is 5.95. The van der Waals surface area contributed by atoms with Crippen molar-refractivity contribution < 1.29 is 45.0 Å². The summed E-state index contributed by atoms with van der Waals surface area (Å²) in [5, 5.41) is 57.0. The Labute approximate surface area is 158 Å². The standard InChI is InChI=1S/C18H32O9/c1-2-3-4-5-6-7-8-9-10-11-12-17(26,15(22)23)18(27,16(24)25)13(19)14(20)21/h13,19,26-27H,2-12H2,1H3,(H,20,21)(H,22,23)(H,24,25). The van der Waals surface area contributed by atoms with E-state index in [2.05, 4.69) is 6.92 Å².